The van der Waals surface area contributed by atoms with Gasteiger partial charge >= 0.3 is 18.2 Å². The van der Waals surface area contributed by atoms with Gasteiger partial charge in [-0.3, -0.25) is 14.7 Å². The minimum atomic E-state index is -5.08. The number of hydrogen-bond acceptors (Lipinski definition) is 8. The number of rotatable bonds is 8. The van der Waals surface area contributed by atoms with Crippen molar-refractivity contribution >= 4 is 29.3 Å². The Kier molecular flexibility index (Phi) is 12.2. The fourth-order valence-corrected chi connectivity index (χ4v) is 8.89. The van der Waals surface area contributed by atoms with Gasteiger partial charge in [0, 0.05) is 69.6 Å². The van der Waals surface area contributed by atoms with Gasteiger partial charge in [-0.05, 0) is 57.1 Å². The highest BCUT2D eigenvalue weighted by atomic mass is 32.1. The number of alkyl halides is 3. The van der Waals surface area contributed by atoms with E-state index in [0.717, 1.165) is 98.8 Å². The molecular formula is C35H48F3N5O5S. The van der Waals surface area contributed by atoms with E-state index in [1.165, 1.54) is 43.4 Å². The van der Waals surface area contributed by atoms with E-state index >= 15 is 0 Å². The van der Waals surface area contributed by atoms with Crippen molar-refractivity contribution in [2.24, 2.45) is 5.92 Å². The molecule has 1 N–H and O–H groups in total. The van der Waals surface area contributed by atoms with E-state index < -0.39 is 12.1 Å². The molecule has 1 aliphatic carbocycles. The highest BCUT2D eigenvalue weighted by Crippen LogP contribution is 2.43. The predicted octanol–water partition coefficient (Wildman–Crippen LogP) is 7.18. The second kappa shape index (κ2) is 16.2. The van der Waals surface area contributed by atoms with E-state index in [4.69, 9.17) is 14.6 Å². The SMILES string of the molecule is CCCCC1N(CC2CCCCC2)C(=O)OC12CCN(C1CCN(C(=O)c3sc(-c4cccnc4)nc3C)CC1)CC2.O=C(O)C(F)(F)F. The van der Waals surface area contributed by atoms with E-state index in [9.17, 15) is 22.8 Å². The van der Waals surface area contributed by atoms with Crippen molar-refractivity contribution in [3.05, 3.63) is 35.1 Å². The van der Waals surface area contributed by atoms with Crippen LogP contribution in [0.25, 0.3) is 10.6 Å². The minimum Gasteiger partial charge on any atom is -0.475 e. The van der Waals surface area contributed by atoms with Crippen molar-refractivity contribution in [1.29, 1.82) is 0 Å². The zero-order valence-corrected chi connectivity index (χ0v) is 29.2. The lowest BCUT2D eigenvalue weighted by Gasteiger charge is -2.46. The highest BCUT2D eigenvalue weighted by Gasteiger charge is 2.55. The van der Waals surface area contributed by atoms with Crippen molar-refractivity contribution in [3.63, 3.8) is 0 Å². The summed E-state index contributed by atoms with van der Waals surface area (Å²) < 4.78 is 38.1. The van der Waals surface area contributed by atoms with Gasteiger partial charge in [0.15, 0.2) is 0 Å². The van der Waals surface area contributed by atoms with Crippen LogP contribution < -0.4 is 0 Å². The monoisotopic (exact) mass is 707 g/mol. The predicted molar refractivity (Wildman–Crippen MR) is 179 cm³/mol. The number of hydrogen-bond donors (Lipinski definition) is 1. The molecule has 4 fully saturated rings. The van der Waals surface area contributed by atoms with Gasteiger partial charge < -0.3 is 19.6 Å². The topological polar surface area (TPSA) is 116 Å². The Hall–Kier alpha value is -3.26. The van der Waals surface area contributed by atoms with Crippen LogP contribution in [-0.4, -0.2) is 104 Å². The molecule has 1 atom stereocenters. The van der Waals surface area contributed by atoms with Crippen LogP contribution >= 0.6 is 11.3 Å². The van der Waals surface area contributed by atoms with Gasteiger partial charge in [0.05, 0.1) is 11.7 Å². The van der Waals surface area contributed by atoms with Crippen LogP contribution in [0.1, 0.15) is 99.3 Å². The average molecular weight is 708 g/mol. The summed E-state index contributed by atoms with van der Waals surface area (Å²) >= 11 is 1.47. The number of unbranched alkanes of at least 4 members (excludes halogenated alkanes) is 1. The molecule has 1 unspecified atom stereocenters. The third kappa shape index (κ3) is 8.92. The Morgan fingerprint density at radius 3 is 2.35 bits per heavy atom. The first-order valence-corrected chi connectivity index (χ1v) is 18.4. The summed E-state index contributed by atoms with van der Waals surface area (Å²) in [7, 11) is 0. The number of ether oxygens (including phenoxy) is 1. The molecule has 0 bridgehead atoms. The number of aliphatic carboxylic acids is 1. The zero-order valence-electron chi connectivity index (χ0n) is 28.4. The molecule has 3 aliphatic heterocycles. The lowest BCUT2D eigenvalue weighted by atomic mass is 9.80. The molecule has 0 radical (unpaired) electrons. The quantitative estimate of drug-likeness (QED) is 0.307. The summed E-state index contributed by atoms with van der Waals surface area (Å²) in [6.07, 6.45) is 12.0. The standard InChI is InChI=1S/C33H47N5O3S.C2HF3O2/c1-3-4-12-28-33(41-32(40)38(28)23-25-9-6-5-7-10-25)15-20-36(21-16-33)27-13-18-37(19-14-27)31(39)29-24(2)35-30(42-29)26-11-8-17-34-22-26;3-2(4,5)1(6)7/h8,11,17,22,25,27-28H,3-7,9-10,12-16,18-21,23H2,1-2H3;(H,6,7). The summed E-state index contributed by atoms with van der Waals surface area (Å²) in [5.74, 6) is -2.02. The number of nitrogens with zero attached hydrogens (tertiary/aromatic N) is 5. The molecule has 6 rings (SSSR count). The lowest BCUT2D eigenvalue weighted by Crippen LogP contribution is -2.56. The Labute approximate surface area is 290 Å². The van der Waals surface area contributed by atoms with Crippen molar-refractivity contribution in [3.8, 4) is 10.6 Å². The fourth-order valence-electron chi connectivity index (χ4n) is 7.87. The average Bonchev–Trinajstić information content (AvgIpc) is 3.60. The number of amides is 2. The Bertz CT molecular complexity index is 1420. The van der Waals surface area contributed by atoms with Crippen LogP contribution in [0, 0.1) is 12.8 Å². The van der Waals surface area contributed by atoms with Crippen LogP contribution in [0.15, 0.2) is 24.5 Å². The zero-order chi connectivity index (χ0) is 35.2. The number of carbonyl (C=O) groups is 3. The van der Waals surface area contributed by atoms with Gasteiger partial charge in [-0.2, -0.15) is 13.2 Å². The summed E-state index contributed by atoms with van der Waals surface area (Å²) in [5, 5.41) is 7.98. The smallest absolute Gasteiger partial charge is 0.475 e. The second-order valence-electron chi connectivity index (χ2n) is 13.8. The molecule has 1 saturated carbocycles. The number of likely N-dealkylation sites (tertiary alicyclic amines) is 2. The first-order chi connectivity index (χ1) is 23.4. The first-order valence-electron chi connectivity index (χ1n) is 17.6. The molecule has 1 spiro atoms. The summed E-state index contributed by atoms with van der Waals surface area (Å²) in [4.78, 5) is 52.0. The van der Waals surface area contributed by atoms with Crippen LogP contribution in [0.5, 0.6) is 0 Å². The molecule has 14 heteroatoms. The molecule has 2 aromatic heterocycles. The third-order valence-corrected chi connectivity index (χ3v) is 11.8. The summed E-state index contributed by atoms with van der Waals surface area (Å²) in [5.41, 5.74) is 1.42. The van der Waals surface area contributed by atoms with Gasteiger partial charge in [-0.25, -0.2) is 14.6 Å². The maximum Gasteiger partial charge on any atom is 0.490 e. The molecule has 5 heterocycles. The molecule has 2 amide bonds. The number of carboxylic acid groups (broad SMARTS) is 1. The van der Waals surface area contributed by atoms with Crippen molar-refractivity contribution in [1.82, 2.24) is 24.7 Å². The van der Waals surface area contributed by atoms with Gasteiger partial charge in [-0.15, -0.1) is 11.3 Å². The van der Waals surface area contributed by atoms with Crippen LogP contribution in [-0.2, 0) is 9.53 Å². The van der Waals surface area contributed by atoms with Gasteiger partial charge in [0.2, 0.25) is 0 Å². The molecular weight excluding hydrogens is 659 g/mol. The van der Waals surface area contributed by atoms with Crippen LogP contribution in [0.3, 0.4) is 0 Å². The summed E-state index contributed by atoms with van der Waals surface area (Å²) in [6.45, 7) is 8.53. The third-order valence-electron chi connectivity index (χ3n) is 10.6. The number of carbonyl (C=O) groups excluding carboxylic acids is 2. The summed E-state index contributed by atoms with van der Waals surface area (Å²) in [6, 6.07) is 4.58. The highest BCUT2D eigenvalue weighted by molar-refractivity contribution is 7.17. The van der Waals surface area contributed by atoms with Crippen LogP contribution in [0.4, 0.5) is 18.0 Å². The molecule has 10 nitrogen and oxygen atoms in total. The van der Waals surface area contributed by atoms with E-state index in [-0.39, 0.29) is 23.6 Å². The fraction of sp³-hybridized carbons (Fsp3) is 0.686. The van der Waals surface area contributed by atoms with E-state index in [1.807, 2.05) is 24.0 Å². The van der Waals surface area contributed by atoms with Crippen molar-refractivity contribution in [2.45, 2.75) is 115 Å². The van der Waals surface area contributed by atoms with E-state index in [1.54, 1.807) is 12.4 Å². The minimum absolute atomic E-state index is 0.0630. The number of aromatic nitrogens is 2. The lowest BCUT2D eigenvalue weighted by molar-refractivity contribution is -0.192. The van der Waals surface area contributed by atoms with Crippen molar-refractivity contribution < 1.29 is 37.4 Å². The number of aryl methyl sites for hydroxylation is 1. The van der Waals surface area contributed by atoms with Gasteiger partial charge in [-0.1, -0.05) is 39.0 Å². The Morgan fingerprint density at radius 2 is 1.76 bits per heavy atom. The largest absolute Gasteiger partial charge is 0.490 e. The molecule has 49 heavy (non-hydrogen) atoms. The van der Waals surface area contributed by atoms with Gasteiger partial charge in [0.25, 0.3) is 5.91 Å². The molecule has 0 aromatic carbocycles. The van der Waals surface area contributed by atoms with E-state index in [2.05, 4.69) is 26.7 Å². The maximum absolute atomic E-state index is 13.5. The Morgan fingerprint density at radius 1 is 1.08 bits per heavy atom. The number of thiazole rings is 1. The van der Waals surface area contributed by atoms with Crippen molar-refractivity contribution in [2.75, 3.05) is 32.7 Å². The number of piperidine rings is 2. The normalized spacial score (nSPS) is 22.1. The van der Waals surface area contributed by atoms with E-state index in [0.29, 0.717) is 12.0 Å². The molecule has 270 valence electrons. The molecule has 4 aliphatic rings. The maximum atomic E-state index is 13.5. The van der Waals surface area contributed by atoms with Gasteiger partial charge in [0.1, 0.15) is 15.5 Å². The number of halogens is 3. The molecule has 3 saturated heterocycles. The number of pyridine rings is 1. The Balaban J connectivity index is 0.000000606. The second-order valence-corrected chi connectivity index (χ2v) is 14.8. The van der Waals surface area contributed by atoms with Crippen LogP contribution in [0.2, 0.25) is 0 Å². The molecule has 2 aromatic rings. The first kappa shape index (κ1) is 37.0. The number of carboxylic acids is 1.